The Labute approximate surface area is 96.7 Å². The van der Waals surface area contributed by atoms with Gasteiger partial charge in [0.25, 0.3) is 0 Å². The van der Waals surface area contributed by atoms with Crippen LogP contribution in [0.25, 0.3) is 0 Å². The van der Waals surface area contributed by atoms with Crippen LogP contribution in [0.15, 0.2) is 24.3 Å². The Morgan fingerprint density at radius 2 is 2.12 bits per heavy atom. The van der Waals surface area contributed by atoms with Gasteiger partial charge in [0.1, 0.15) is 5.75 Å². The second-order valence-electron chi connectivity index (χ2n) is 3.87. The number of nitrogens with two attached hydrogens (primary N) is 1. The minimum atomic E-state index is -2.92. The zero-order chi connectivity index (χ0) is 12.4. The number of carbonyl (C=O) groups excluding carboxylic acids is 1. The molecule has 1 aliphatic rings. The van der Waals surface area contributed by atoms with Crippen molar-refractivity contribution in [3.8, 4) is 5.75 Å². The van der Waals surface area contributed by atoms with Gasteiger partial charge < -0.3 is 15.8 Å². The Bertz CT molecular complexity index is 426. The molecule has 1 saturated carbocycles. The Hall–Kier alpha value is -1.69. The van der Waals surface area contributed by atoms with Crippen LogP contribution < -0.4 is 15.8 Å². The number of anilines is 1. The van der Waals surface area contributed by atoms with E-state index in [1.165, 1.54) is 12.1 Å². The third-order valence-electron chi connectivity index (χ3n) is 2.54. The van der Waals surface area contributed by atoms with Crippen LogP contribution in [-0.4, -0.2) is 18.6 Å². The van der Waals surface area contributed by atoms with Gasteiger partial charge in [-0.1, -0.05) is 12.1 Å². The molecule has 6 heteroatoms. The number of amides is 1. The summed E-state index contributed by atoms with van der Waals surface area (Å²) in [6.07, 6.45) is 0.629. The van der Waals surface area contributed by atoms with Gasteiger partial charge in [-0.25, -0.2) is 0 Å². The van der Waals surface area contributed by atoms with Crippen molar-refractivity contribution in [2.75, 3.05) is 5.32 Å². The van der Waals surface area contributed by atoms with Crippen LogP contribution in [0, 0.1) is 5.92 Å². The molecule has 2 atom stereocenters. The van der Waals surface area contributed by atoms with Gasteiger partial charge >= 0.3 is 6.61 Å². The van der Waals surface area contributed by atoms with Gasteiger partial charge in [0, 0.05) is 6.04 Å². The molecule has 0 saturated heterocycles. The maximum Gasteiger partial charge on any atom is 0.387 e. The molecule has 0 spiro atoms. The van der Waals surface area contributed by atoms with E-state index in [4.69, 9.17) is 5.73 Å². The van der Waals surface area contributed by atoms with Crippen LogP contribution in [0.4, 0.5) is 14.5 Å². The molecule has 4 nitrogen and oxygen atoms in total. The molecule has 0 aromatic heterocycles. The second kappa shape index (κ2) is 4.67. The lowest BCUT2D eigenvalue weighted by molar-refractivity contribution is -0.117. The summed E-state index contributed by atoms with van der Waals surface area (Å²) in [6.45, 7) is -2.92. The van der Waals surface area contributed by atoms with E-state index in [2.05, 4.69) is 10.1 Å². The van der Waals surface area contributed by atoms with Crippen molar-refractivity contribution in [1.29, 1.82) is 0 Å². The smallest absolute Gasteiger partial charge is 0.387 e. The minimum absolute atomic E-state index is 0.0509. The molecule has 92 valence electrons. The third kappa shape index (κ3) is 2.91. The van der Waals surface area contributed by atoms with E-state index in [0.717, 1.165) is 0 Å². The van der Waals surface area contributed by atoms with Gasteiger partial charge in [-0.2, -0.15) is 8.78 Å². The normalized spacial score (nSPS) is 22.4. The number of para-hydroxylation sites is 2. The molecule has 0 bridgehead atoms. The number of alkyl halides is 2. The molecular formula is C11H12F2N2O2. The van der Waals surface area contributed by atoms with Crippen LogP contribution in [0.1, 0.15) is 6.42 Å². The zero-order valence-corrected chi connectivity index (χ0v) is 8.90. The fraction of sp³-hybridized carbons (Fsp3) is 0.364. The number of halogens is 2. The number of hydrogen-bond acceptors (Lipinski definition) is 3. The van der Waals surface area contributed by atoms with Crippen molar-refractivity contribution < 1.29 is 18.3 Å². The first-order chi connectivity index (χ1) is 8.08. The predicted octanol–water partition coefficient (Wildman–Crippen LogP) is 1.57. The summed E-state index contributed by atoms with van der Waals surface area (Å²) in [4.78, 5) is 11.6. The number of nitrogens with one attached hydrogen (secondary N) is 1. The molecule has 1 aromatic carbocycles. The first-order valence-corrected chi connectivity index (χ1v) is 5.18. The topological polar surface area (TPSA) is 64.4 Å². The molecule has 1 amide bonds. The van der Waals surface area contributed by atoms with Gasteiger partial charge in [0.05, 0.1) is 11.6 Å². The van der Waals surface area contributed by atoms with Gasteiger partial charge in [-0.3, -0.25) is 4.79 Å². The lowest BCUT2D eigenvalue weighted by atomic mass is 10.2. The summed E-state index contributed by atoms with van der Waals surface area (Å²) in [5.41, 5.74) is 5.76. The molecule has 0 heterocycles. The summed E-state index contributed by atoms with van der Waals surface area (Å²) in [6, 6.07) is 5.92. The lowest BCUT2D eigenvalue weighted by Crippen LogP contribution is -2.19. The molecule has 1 aromatic rings. The van der Waals surface area contributed by atoms with E-state index in [9.17, 15) is 13.6 Å². The number of carbonyl (C=O) groups is 1. The molecule has 3 N–H and O–H groups in total. The quantitative estimate of drug-likeness (QED) is 0.842. The molecular weight excluding hydrogens is 230 g/mol. The molecule has 2 rings (SSSR count). The average Bonchev–Trinajstić information content (AvgIpc) is 2.98. The predicted molar refractivity (Wildman–Crippen MR) is 57.8 cm³/mol. The molecule has 17 heavy (non-hydrogen) atoms. The first kappa shape index (κ1) is 11.8. The molecule has 1 aliphatic carbocycles. The van der Waals surface area contributed by atoms with E-state index < -0.39 is 6.61 Å². The summed E-state index contributed by atoms with van der Waals surface area (Å²) in [7, 11) is 0. The largest absolute Gasteiger partial charge is 0.433 e. The van der Waals surface area contributed by atoms with Crippen molar-refractivity contribution >= 4 is 11.6 Å². The van der Waals surface area contributed by atoms with E-state index in [0.29, 0.717) is 6.42 Å². The van der Waals surface area contributed by atoms with Crippen molar-refractivity contribution in [1.82, 2.24) is 0 Å². The Balaban J connectivity index is 2.06. The van der Waals surface area contributed by atoms with Gasteiger partial charge in [-0.05, 0) is 18.6 Å². The van der Waals surface area contributed by atoms with Crippen molar-refractivity contribution in [2.24, 2.45) is 11.7 Å². The highest BCUT2D eigenvalue weighted by molar-refractivity contribution is 5.96. The molecule has 0 radical (unpaired) electrons. The summed E-state index contributed by atoms with van der Waals surface area (Å²) in [5.74, 6) is -0.539. The molecule has 2 unspecified atom stereocenters. The highest BCUT2D eigenvalue weighted by Gasteiger charge is 2.40. The van der Waals surface area contributed by atoms with E-state index in [1.54, 1.807) is 12.1 Å². The highest BCUT2D eigenvalue weighted by Crippen LogP contribution is 2.31. The van der Waals surface area contributed by atoms with E-state index >= 15 is 0 Å². The fourth-order valence-corrected chi connectivity index (χ4v) is 1.51. The monoisotopic (exact) mass is 242 g/mol. The first-order valence-electron chi connectivity index (χ1n) is 5.18. The van der Waals surface area contributed by atoms with Crippen LogP contribution >= 0.6 is 0 Å². The highest BCUT2D eigenvalue weighted by atomic mass is 19.3. The summed E-state index contributed by atoms with van der Waals surface area (Å²) < 4.78 is 28.5. The Kier molecular flexibility index (Phi) is 3.23. The maximum absolute atomic E-state index is 12.1. The van der Waals surface area contributed by atoms with Crippen molar-refractivity contribution in [2.45, 2.75) is 19.1 Å². The second-order valence-corrected chi connectivity index (χ2v) is 3.87. The van der Waals surface area contributed by atoms with Crippen LogP contribution in [0.5, 0.6) is 5.75 Å². The van der Waals surface area contributed by atoms with Crippen molar-refractivity contribution in [3.63, 3.8) is 0 Å². The number of rotatable bonds is 4. The average molecular weight is 242 g/mol. The van der Waals surface area contributed by atoms with Gasteiger partial charge in [0.2, 0.25) is 5.91 Å². The fourth-order valence-electron chi connectivity index (χ4n) is 1.51. The van der Waals surface area contributed by atoms with Gasteiger partial charge in [0.15, 0.2) is 0 Å². The maximum atomic E-state index is 12.1. The number of hydrogen-bond donors (Lipinski definition) is 2. The van der Waals surface area contributed by atoms with E-state index in [1.807, 2.05) is 0 Å². The molecule has 0 aliphatic heterocycles. The van der Waals surface area contributed by atoms with E-state index in [-0.39, 0.29) is 29.3 Å². The lowest BCUT2D eigenvalue weighted by Gasteiger charge is -2.11. The van der Waals surface area contributed by atoms with Crippen molar-refractivity contribution in [3.05, 3.63) is 24.3 Å². The summed E-state index contributed by atoms with van der Waals surface area (Å²) >= 11 is 0. The summed E-state index contributed by atoms with van der Waals surface area (Å²) in [5, 5.41) is 2.53. The van der Waals surface area contributed by atoms with Crippen LogP contribution in [0.2, 0.25) is 0 Å². The van der Waals surface area contributed by atoms with Gasteiger partial charge in [-0.15, -0.1) is 0 Å². The zero-order valence-electron chi connectivity index (χ0n) is 8.90. The van der Waals surface area contributed by atoms with Crippen LogP contribution in [0.3, 0.4) is 0 Å². The number of ether oxygens (including phenoxy) is 1. The third-order valence-corrected chi connectivity index (χ3v) is 2.54. The Morgan fingerprint density at radius 1 is 1.47 bits per heavy atom. The molecule has 1 fully saturated rings. The Morgan fingerprint density at radius 3 is 2.71 bits per heavy atom. The number of benzene rings is 1. The standard InChI is InChI=1S/C11H12F2N2O2/c12-11(13)17-9-4-2-1-3-8(9)15-10(16)6-5-7(6)14/h1-4,6-7,11H,5,14H2,(H,15,16). The minimum Gasteiger partial charge on any atom is -0.433 e. The van der Waals surface area contributed by atoms with Crippen LogP contribution in [-0.2, 0) is 4.79 Å². The SMILES string of the molecule is NC1CC1C(=O)Nc1ccccc1OC(F)F.